The van der Waals surface area contributed by atoms with Crippen molar-refractivity contribution in [2.75, 3.05) is 5.32 Å². The van der Waals surface area contributed by atoms with Gasteiger partial charge in [-0.25, -0.2) is 9.78 Å². The third-order valence-electron chi connectivity index (χ3n) is 3.59. The molecule has 1 aromatic rings. The minimum Gasteiger partial charge on any atom is -0.393 e. The van der Waals surface area contributed by atoms with Crippen molar-refractivity contribution in [2.45, 2.75) is 43.9 Å². The number of urea groups is 1. The molecule has 5 nitrogen and oxygen atoms in total. The zero-order chi connectivity index (χ0) is 11.8. The number of nitrogens with zero attached hydrogens (tertiary/aromatic N) is 2. The molecule has 2 fully saturated rings. The lowest BCUT2D eigenvalue weighted by molar-refractivity contribution is 0.0580. The van der Waals surface area contributed by atoms with Crippen LogP contribution in [0.15, 0.2) is 11.6 Å². The molecule has 0 radical (unpaired) electrons. The molecular formula is C11H15N3O2S. The summed E-state index contributed by atoms with van der Waals surface area (Å²) in [6, 6.07) is 0.326. The maximum atomic E-state index is 12.1. The number of carbonyl (C=O) groups excluding carboxylic acids is 1. The van der Waals surface area contributed by atoms with Gasteiger partial charge in [0.05, 0.1) is 6.10 Å². The van der Waals surface area contributed by atoms with Crippen LogP contribution in [0.25, 0.3) is 0 Å². The molecule has 17 heavy (non-hydrogen) atoms. The number of rotatable bonds is 1. The maximum Gasteiger partial charge on any atom is 0.324 e. The van der Waals surface area contributed by atoms with Gasteiger partial charge < -0.3 is 10.0 Å². The number of hydrogen-bond donors (Lipinski definition) is 2. The second kappa shape index (κ2) is 4.27. The summed E-state index contributed by atoms with van der Waals surface area (Å²) in [7, 11) is 0. The quantitative estimate of drug-likeness (QED) is 0.800. The number of aromatic nitrogens is 1. The van der Waals surface area contributed by atoms with Crippen molar-refractivity contribution in [1.82, 2.24) is 9.88 Å². The molecule has 2 aliphatic rings. The van der Waals surface area contributed by atoms with Crippen molar-refractivity contribution in [3.8, 4) is 0 Å². The third-order valence-corrected chi connectivity index (χ3v) is 4.28. The highest BCUT2D eigenvalue weighted by Crippen LogP contribution is 2.36. The molecule has 2 aliphatic heterocycles. The predicted molar refractivity (Wildman–Crippen MR) is 65.0 cm³/mol. The Morgan fingerprint density at radius 2 is 2.18 bits per heavy atom. The van der Waals surface area contributed by atoms with Crippen LogP contribution in [0.4, 0.5) is 9.93 Å². The van der Waals surface area contributed by atoms with E-state index in [0.717, 1.165) is 12.8 Å². The first-order chi connectivity index (χ1) is 8.24. The molecule has 0 aliphatic carbocycles. The van der Waals surface area contributed by atoms with Gasteiger partial charge in [-0.2, -0.15) is 0 Å². The van der Waals surface area contributed by atoms with Crippen molar-refractivity contribution in [3.05, 3.63) is 11.6 Å². The molecule has 2 amide bonds. The van der Waals surface area contributed by atoms with Gasteiger partial charge in [-0.05, 0) is 25.7 Å². The normalized spacial score (nSPS) is 31.6. The molecule has 0 spiro atoms. The Kier molecular flexibility index (Phi) is 2.76. The maximum absolute atomic E-state index is 12.1. The highest BCUT2D eigenvalue weighted by Gasteiger charge is 2.42. The average molecular weight is 253 g/mol. The summed E-state index contributed by atoms with van der Waals surface area (Å²) in [4.78, 5) is 18.1. The number of aliphatic hydroxyl groups is 1. The van der Waals surface area contributed by atoms with E-state index in [4.69, 9.17) is 0 Å². The Morgan fingerprint density at radius 1 is 1.47 bits per heavy atom. The van der Waals surface area contributed by atoms with Gasteiger partial charge in [-0.1, -0.05) is 0 Å². The molecule has 1 unspecified atom stereocenters. The monoisotopic (exact) mass is 253 g/mol. The van der Waals surface area contributed by atoms with Gasteiger partial charge in [0.2, 0.25) is 0 Å². The van der Waals surface area contributed by atoms with E-state index in [2.05, 4.69) is 10.3 Å². The van der Waals surface area contributed by atoms with Crippen LogP contribution < -0.4 is 5.32 Å². The second-order valence-electron chi connectivity index (χ2n) is 4.68. The highest BCUT2D eigenvalue weighted by atomic mass is 32.1. The Labute approximate surface area is 103 Å². The number of carbonyl (C=O) groups is 1. The van der Waals surface area contributed by atoms with Gasteiger partial charge in [-0.3, -0.25) is 5.32 Å². The van der Waals surface area contributed by atoms with Gasteiger partial charge >= 0.3 is 6.03 Å². The predicted octanol–water partition coefficient (Wildman–Crippen LogP) is 1.66. The molecule has 1 aromatic heterocycles. The number of anilines is 1. The standard InChI is InChI=1S/C11H15N3O2S/c15-9-5-7-1-2-8(6-9)14(7)11(16)13-10-12-3-4-17-10/h3-4,7-9,15H,1-2,5-6H2,(H,12,13,16)/t7-,8+,9?. The van der Waals surface area contributed by atoms with E-state index in [1.807, 2.05) is 10.3 Å². The first kappa shape index (κ1) is 11.0. The van der Waals surface area contributed by atoms with Gasteiger partial charge in [0.25, 0.3) is 0 Å². The largest absolute Gasteiger partial charge is 0.393 e. The lowest BCUT2D eigenvalue weighted by Crippen LogP contribution is -2.49. The van der Waals surface area contributed by atoms with Crippen LogP contribution >= 0.6 is 11.3 Å². The topological polar surface area (TPSA) is 65.5 Å². The van der Waals surface area contributed by atoms with E-state index in [-0.39, 0.29) is 24.2 Å². The van der Waals surface area contributed by atoms with E-state index in [0.29, 0.717) is 18.0 Å². The molecule has 2 bridgehead atoms. The van der Waals surface area contributed by atoms with E-state index >= 15 is 0 Å². The van der Waals surface area contributed by atoms with Gasteiger partial charge in [-0.15, -0.1) is 11.3 Å². The molecule has 6 heteroatoms. The zero-order valence-electron chi connectivity index (χ0n) is 9.37. The molecule has 3 heterocycles. The molecule has 2 saturated heterocycles. The van der Waals surface area contributed by atoms with Crippen LogP contribution in [0, 0.1) is 0 Å². The number of fused-ring (bicyclic) bond motifs is 2. The number of amides is 2. The minimum atomic E-state index is -0.239. The van der Waals surface area contributed by atoms with Crippen molar-refractivity contribution in [3.63, 3.8) is 0 Å². The van der Waals surface area contributed by atoms with E-state index in [9.17, 15) is 9.90 Å². The number of nitrogens with one attached hydrogen (secondary N) is 1. The molecule has 0 saturated carbocycles. The first-order valence-electron chi connectivity index (χ1n) is 5.91. The number of piperidine rings is 1. The van der Waals surface area contributed by atoms with Gasteiger partial charge in [0.1, 0.15) is 0 Å². The molecule has 92 valence electrons. The van der Waals surface area contributed by atoms with Crippen molar-refractivity contribution in [1.29, 1.82) is 0 Å². The van der Waals surface area contributed by atoms with E-state index in [1.54, 1.807) is 6.20 Å². The fourth-order valence-electron chi connectivity index (χ4n) is 2.92. The number of aliphatic hydroxyl groups excluding tert-OH is 1. The smallest absolute Gasteiger partial charge is 0.324 e. The number of thiazole rings is 1. The summed E-state index contributed by atoms with van der Waals surface area (Å²) in [5, 5.41) is 15.0. The Bertz CT molecular complexity index is 395. The number of hydrogen-bond acceptors (Lipinski definition) is 4. The van der Waals surface area contributed by atoms with Crippen molar-refractivity contribution < 1.29 is 9.90 Å². The summed E-state index contributed by atoms with van der Waals surface area (Å²) in [6.45, 7) is 0. The summed E-state index contributed by atoms with van der Waals surface area (Å²) >= 11 is 1.42. The van der Waals surface area contributed by atoms with Crippen LogP contribution in [0.5, 0.6) is 0 Å². The summed E-state index contributed by atoms with van der Waals surface area (Å²) in [5.74, 6) is 0. The van der Waals surface area contributed by atoms with E-state index < -0.39 is 0 Å². The third kappa shape index (κ3) is 2.02. The minimum absolute atomic E-state index is 0.0700. The summed E-state index contributed by atoms with van der Waals surface area (Å²) in [5.41, 5.74) is 0. The fourth-order valence-corrected chi connectivity index (χ4v) is 3.44. The van der Waals surface area contributed by atoms with Gasteiger partial charge in [0, 0.05) is 23.7 Å². The Morgan fingerprint density at radius 3 is 2.76 bits per heavy atom. The highest BCUT2D eigenvalue weighted by molar-refractivity contribution is 7.13. The average Bonchev–Trinajstić information content (AvgIpc) is 2.86. The van der Waals surface area contributed by atoms with Gasteiger partial charge in [0.15, 0.2) is 5.13 Å². The second-order valence-corrected chi connectivity index (χ2v) is 5.58. The van der Waals surface area contributed by atoms with Crippen molar-refractivity contribution in [2.24, 2.45) is 0 Å². The summed E-state index contributed by atoms with van der Waals surface area (Å²) < 4.78 is 0. The van der Waals surface area contributed by atoms with Crippen LogP contribution in [0.2, 0.25) is 0 Å². The zero-order valence-corrected chi connectivity index (χ0v) is 10.2. The van der Waals surface area contributed by atoms with Crippen molar-refractivity contribution >= 4 is 22.5 Å². The fraction of sp³-hybridized carbons (Fsp3) is 0.636. The molecule has 3 rings (SSSR count). The SMILES string of the molecule is O=C(Nc1nccs1)N1[C@@H]2CC[C@H]1CC(O)C2. The molecular weight excluding hydrogens is 238 g/mol. The Hall–Kier alpha value is -1.14. The lowest BCUT2D eigenvalue weighted by atomic mass is 10.0. The molecule has 3 atom stereocenters. The van der Waals surface area contributed by atoms with Crippen LogP contribution in [0.3, 0.4) is 0 Å². The van der Waals surface area contributed by atoms with Crippen LogP contribution in [0.1, 0.15) is 25.7 Å². The van der Waals surface area contributed by atoms with Crippen LogP contribution in [-0.4, -0.2) is 39.2 Å². The summed E-state index contributed by atoms with van der Waals surface area (Å²) in [6.07, 6.45) is 4.87. The first-order valence-corrected chi connectivity index (χ1v) is 6.79. The molecule has 2 N–H and O–H groups in total. The molecule has 0 aromatic carbocycles. The van der Waals surface area contributed by atoms with Crippen LogP contribution in [-0.2, 0) is 0 Å². The lowest BCUT2D eigenvalue weighted by Gasteiger charge is -2.36. The Balaban J connectivity index is 1.70. The van der Waals surface area contributed by atoms with E-state index in [1.165, 1.54) is 11.3 Å².